The molecule has 2 rings (SSSR count). The first-order valence-electron chi connectivity index (χ1n) is 5.39. The number of hydrogen-bond acceptors (Lipinski definition) is 0. The van der Waals surface area contributed by atoms with E-state index in [1.807, 2.05) is 0 Å². The molecule has 0 unspecified atom stereocenters. The van der Waals surface area contributed by atoms with Crippen molar-refractivity contribution < 1.29 is 25.8 Å². The molecule has 2 aliphatic rings. The Morgan fingerprint density at radius 3 is 1.35 bits per heavy atom. The minimum Gasteiger partial charge on any atom is -0.270 e. The minimum atomic E-state index is 0. The van der Waals surface area contributed by atoms with E-state index in [-0.39, 0.29) is 50.7 Å². The Morgan fingerprint density at radius 2 is 1.24 bits per heavy atom. The molecular weight excluding hydrogens is 418 g/mol. The summed E-state index contributed by atoms with van der Waals surface area (Å²) >= 11 is 0. The fraction of sp³-hybridized carbons (Fsp3) is 0.429. The zero-order chi connectivity index (χ0) is 10.2. The zero-order valence-corrected chi connectivity index (χ0v) is 15.7. The van der Waals surface area contributed by atoms with Crippen molar-refractivity contribution in [3.05, 3.63) is 47.6 Å². The maximum absolute atomic E-state index is 3.21. The molecule has 0 saturated carbocycles. The SMILES string of the molecule is CCC1=[C-]CC=C1.CCC1=[C-]CC=C1.Cl.Cl.[Hf]. The quantitative estimate of drug-likeness (QED) is 0.421. The van der Waals surface area contributed by atoms with E-state index in [4.69, 9.17) is 0 Å². The van der Waals surface area contributed by atoms with Gasteiger partial charge in [0.25, 0.3) is 0 Å². The standard InChI is InChI=1S/2C7H9.2ClH.Hf/c2*1-2-7-5-3-4-6-7;;;/h2*3,5H,2,4H2,1H3;2*1H;/q2*-1;;;. The van der Waals surface area contributed by atoms with Gasteiger partial charge in [0, 0.05) is 25.8 Å². The number of hydrogen-bond donors (Lipinski definition) is 0. The molecule has 0 aliphatic heterocycles. The van der Waals surface area contributed by atoms with Crippen LogP contribution in [0.3, 0.4) is 0 Å². The van der Waals surface area contributed by atoms with E-state index >= 15 is 0 Å². The van der Waals surface area contributed by atoms with E-state index in [0.717, 1.165) is 25.7 Å². The number of halogens is 2. The predicted molar refractivity (Wildman–Crippen MR) is 76.1 cm³/mol. The molecule has 17 heavy (non-hydrogen) atoms. The summed E-state index contributed by atoms with van der Waals surface area (Å²) < 4.78 is 0. The first-order chi connectivity index (χ1) is 6.86. The Bertz CT molecular complexity index is 259. The van der Waals surface area contributed by atoms with Gasteiger partial charge in [0.15, 0.2) is 0 Å². The van der Waals surface area contributed by atoms with E-state index < -0.39 is 0 Å². The van der Waals surface area contributed by atoms with Gasteiger partial charge in [0.2, 0.25) is 0 Å². The van der Waals surface area contributed by atoms with Crippen LogP contribution in [0, 0.1) is 12.2 Å². The molecule has 2 aliphatic carbocycles. The molecule has 0 heterocycles. The van der Waals surface area contributed by atoms with Gasteiger partial charge in [-0.2, -0.15) is 12.2 Å². The van der Waals surface area contributed by atoms with Crippen LogP contribution >= 0.6 is 24.8 Å². The molecule has 0 N–H and O–H groups in total. The van der Waals surface area contributed by atoms with Crippen molar-refractivity contribution in [2.45, 2.75) is 39.5 Å². The van der Waals surface area contributed by atoms with Crippen molar-refractivity contribution in [2.75, 3.05) is 0 Å². The Labute approximate surface area is 137 Å². The molecule has 0 aromatic rings. The third-order valence-corrected chi connectivity index (χ3v) is 2.29. The second-order valence-electron chi connectivity index (χ2n) is 3.32. The molecule has 0 saturated heterocycles. The summed E-state index contributed by atoms with van der Waals surface area (Å²) in [7, 11) is 0. The van der Waals surface area contributed by atoms with Gasteiger partial charge in [0.05, 0.1) is 0 Å². The number of rotatable bonds is 2. The molecule has 0 bridgehead atoms. The maximum atomic E-state index is 3.21. The molecule has 0 nitrogen and oxygen atoms in total. The van der Waals surface area contributed by atoms with E-state index in [1.54, 1.807) is 0 Å². The summed E-state index contributed by atoms with van der Waals surface area (Å²) in [6.07, 6.45) is 19.3. The van der Waals surface area contributed by atoms with Crippen LogP contribution in [-0.2, 0) is 25.8 Å². The third-order valence-electron chi connectivity index (χ3n) is 2.29. The van der Waals surface area contributed by atoms with Crippen LogP contribution in [0.25, 0.3) is 0 Å². The van der Waals surface area contributed by atoms with Crippen LogP contribution in [0.4, 0.5) is 0 Å². The van der Waals surface area contributed by atoms with Crippen molar-refractivity contribution in [1.29, 1.82) is 0 Å². The molecule has 0 aromatic heterocycles. The van der Waals surface area contributed by atoms with Gasteiger partial charge in [-0.25, -0.2) is 23.3 Å². The molecule has 3 heteroatoms. The molecule has 0 atom stereocenters. The first kappa shape index (κ1) is 22.6. The largest absolute Gasteiger partial charge is 0.270 e. The summed E-state index contributed by atoms with van der Waals surface area (Å²) in [5.74, 6) is 0. The van der Waals surface area contributed by atoms with Gasteiger partial charge in [-0.05, 0) is 0 Å². The molecule has 0 aromatic carbocycles. The maximum Gasteiger partial charge on any atom is 0 e. The summed E-state index contributed by atoms with van der Waals surface area (Å²) in [5.41, 5.74) is 2.72. The van der Waals surface area contributed by atoms with Crippen molar-refractivity contribution in [1.82, 2.24) is 0 Å². The first-order valence-corrected chi connectivity index (χ1v) is 5.39. The molecule has 96 valence electrons. The summed E-state index contributed by atoms with van der Waals surface area (Å²) in [5, 5.41) is 0. The molecule has 0 amide bonds. The Balaban J connectivity index is -0.000000196. The van der Waals surface area contributed by atoms with Gasteiger partial charge in [-0.15, -0.1) is 37.7 Å². The van der Waals surface area contributed by atoms with Gasteiger partial charge in [0.1, 0.15) is 0 Å². The second-order valence-corrected chi connectivity index (χ2v) is 3.32. The topological polar surface area (TPSA) is 0 Å². The average Bonchev–Trinajstić information content (AvgIpc) is 2.92. The summed E-state index contributed by atoms with van der Waals surface area (Å²) in [6.45, 7) is 4.30. The summed E-state index contributed by atoms with van der Waals surface area (Å²) in [4.78, 5) is 0. The van der Waals surface area contributed by atoms with Gasteiger partial charge in [-0.1, -0.05) is 26.7 Å². The minimum absolute atomic E-state index is 0. The van der Waals surface area contributed by atoms with E-state index in [1.165, 1.54) is 11.1 Å². The van der Waals surface area contributed by atoms with Crippen molar-refractivity contribution in [2.24, 2.45) is 0 Å². The molecular formula is C14H20Cl2Hf-2. The number of allylic oxidation sites excluding steroid dienone is 8. The van der Waals surface area contributed by atoms with E-state index in [2.05, 4.69) is 50.3 Å². The van der Waals surface area contributed by atoms with Crippen LogP contribution < -0.4 is 0 Å². The van der Waals surface area contributed by atoms with Crippen molar-refractivity contribution in [3.8, 4) is 0 Å². The normalized spacial score (nSPS) is 14.5. The second kappa shape index (κ2) is 14.5. The summed E-state index contributed by atoms with van der Waals surface area (Å²) in [6, 6.07) is 0. The van der Waals surface area contributed by atoms with Crippen molar-refractivity contribution >= 4 is 24.8 Å². The van der Waals surface area contributed by atoms with Gasteiger partial charge >= 0.3 is 0 Å². The molecule has 0 radical (unpaired) electrons. The van der Waals surface area contributed by atoms with Gasteiger partial charge < -0.3 is 0 Å². The molecule has 0 spiro atoms. The van der Waals surface area contributed by atoms with Crippen molar-refractivity contribution in [3.63, 3.8) is 0 Å². The predicted octanol–water partition coefficient (Wildman–Crippen LogP) is 5.01. The Hall–Kier alpha value is 0.410. The Kier molecular flexibility index (Phi) is 19.2. The molecule has 0 fully saturated rings. The smallest absolute Gasteiger partial charge is 0 e. The fourth-order valence-electron chi connectivity index (χ4n) is 1.39. The van der Waals surface area contributed by atoms with E-state index in [9.17, 15) is 0 Å². The average molecular weight is 438 g/mol. The zero-order valence-electron chi connectivity index (χ0n) is 10.5. The van der Waals surface area contributed by atoms with Crippen LogP contribution in [0.2, 0.25) is 0 Å². The monoisotopic (exact) mass is 438 g/mol. The van der Waals surface area contributed by atoms with E-state index in [0.29, 0.717) is 0 Å². The van der Waals surface area contributed by atoms with Gasteiger partial charge in [-0.3, -0.25) is 12.2 Å². The van der Waals surface area contributed by atoms with Crippen LogP contribution in [0.5, 0.6) is 0 Å². The Morgan fingerprint density at radius 1 is 0.882 bits per heavy atom. The van der Waals surface area contributed by atoms with Crippen LogP contribution in [0.1, 0.15) is 39.5 Å². The third kappa shape index (κ3) is 10.1. The fourth-order valence-corrected chi connectivity index (χ4v) is 1.39. The van der Waals surface area contributed by atoms with Crippen LogP contribution in [0.15, 0.2) is 35.5 Å². The van der Waals surface area contributed by atoms with Crippen LogP contribution in [-0.4, -0.2) is 0 Å².